The van der Waals surface area contributed by atoms with Crippen molar-refractivity contribution in [2.45, 2.75) is 144 Å². The fourth-order valence-electron chi connectivity index (χ4n) is 8.40. The van der Waals surface area contributed by atoms with Crippen LogP contribution in [0, 0.1) is 37.3 Å². The maximum atomic E-state index is 15.8. The lowest BCUT2D eigenvalue weighted by Crippen LogP contribution is -2.03. The molecular weight excluding hydrogens is 763 g/mol. The standard InChI is InChI=1S/C50H62F2N2S3/c1-7-11-15-35(16-12-8-2)19-21-37-23-25-39(43(51)31-37)45-29-33(5)49(55-45)41-27-28-42(48-47(41)53-57-54-48)50-34(6)30-46(56-50)40-26-24-38(32-44(40)52)22-20-36(17-13-9-3)18-14-10-4/h23-32,35-36H,7-22H2,1-6H3. The van der Waals surface area contributed by atoms with E-state index in [0.717, 1.165) is 101 Å². The molecule has 57 heavy (non-hydrogen) atoms. The summed E-state index contributed by atoms with van der Waals surface area (Å²) in [4.78, 5) is 4.02. The predicted octanol–water partition coefficient (Wildman–Crippen LogP) is 17.2. The summed E-state index contributed by atoms with van der Waals surface area (Å²) in [5.74, 6) is 1.15. The highest BCUT2D eigenvalue weighted by Crippen LogP contribution is 2.46. The summed E-state index contributed by atoms with van der Waals surface area (Å²) in [5.41, 5.74) is 9.42. The van der Waals surface area contributed by atoms with Gasteiger partial charge in [0, 0.05) is 41.8 Å². The van der Waals surface area contributed by atoms with Gasteiger partial charge < -0.3 is 0 Å². The molecule has 0 fully saturated rings. The van der Waals surface area contributed by atoms with E-state index < -0.39 is 0 Å². The van der Waals surface area contributed by atoms with Crippen molar-refractivity contribution in [1.82, 2.24) is 8.75 Å². The summed E-state index contributed by atoms with van der Waals surface area (Å²) in [5, 5.41) is 0. The molecule has 3 aromatic carbocycles. The van der Waals surface area contributed by atoms with Crippen LogP contribution in [0.15, 0.2) is 60.7 Å². The third-order valence-corrected chi connectivity index (χ3v) is 15.0. The summed E-state index contributed by atoms with van der Waals surface area (Å²) in [6, 6.07) is 20.2. The number of hydrogen-bond acceptors (Lipinski definition) is 5. The molecule has 0 amide bonds. The largest absolute Gasteiger partial charge is 0.206 e. The van der Waals surface area contributed by atoms with Crippen LogP contribution in [-0.4, -0.2) is 8.75 Å². The van der Waals surface area contributed by atoms with E-state index in [4.69, 9.17) is 8.75 Å². The second-order valence-corrected chi connectivity index (χ2v) is 19.0. The van der Waals surface area contributed by atoms with E-state index >= 15 is 8.78 Å². The Balaban J connectivity index is 1.19. The Hall–Kier alpha value is -3.26. The van der Waals surface area contributed by atoms with Gasteiger partial charge in [0.1, 0.15) is 22.7 Å². The summed E-state index contributed by atoms with van der Waals surface area (Å²) >= 11 is 4.45. The van der Waals surface area contributed by atoms with Gasteiger partial charge in [-0.3, -0.25) is 0 Å². The van der Waals surface area contributed by atoms with Crippen molar-refractivity contribution in [2.24, 2.45) is 11.8 Å². The number of benzene rings is 3. The van der Waals surface area contributed by atoms with Crippen LogP contribution < -0.4 is 0 Å². The zero-order valence-electron chi connectivity index (χ0n) is 35.1. The first-order chi connectivity index (χ1) is 27.7. The molecule has 0 aliphatic heterocycles. The summed E-state index contributed by atoms with van der Waals surface area (Å²) in [7, 11) is 0. The Morgan fingerprint density at radius 1 is 0.491 bits per heavy atom. The van der Waals surface area contributed by atoms with E-state index in [1.54, 1.807) is 34.8 Å². The molecule has 7 heteroatoms. The van der Waals surface area contributed by atoms with Gasteiger partial charge in [-0.15, -0.1) is 22.7 Å². The molecule has 0 saturated heterocycles. The molecule has 0 aliphatic carbocycles. The van der Waals surface area contributed by atoms with Crippen LogP contribution in [0.4, 0.5) is 8.78 Å². The zero-order valence-corrected chi connectivity index (χ0v) is 37.6. The van der Waals surface area contributed by atoms with Crippen molar-refractivity contribution in [3.05, 3.63) is 94.6 Å². The Kier molecular flexibility index (Phi) is 16.1. The third-order valence-electron chi connectivity index (χ3n) is 11.9. The number of aromatic nitrogens is 2. The quantitative estimate of drug-likeness (QED) is 0.0681. The summed E-state index contributed by atoms with van der Waals surface area (Å²) < 4.78 is 41.1. The second kappa shape index (κ2) is 21.1. The van der Waals surface area contributed by atoms with Crippen molar-refractivity contribution in [3.8, 4) is 41.8 Å². The number of unbranched alkanes of at least 4 members (excludes halogenated alkanes) is 4. The minimum absolute atomic E-state index is 0.150. The van der Waals surface area contributed by atoms with E-state index in [0.29, 0.717) is 11.1 Å². The summed E-state index contributed by atoms with van der Waals surface area (Å²) in [6.45, 7) is 13.2. The van der Waals surface area contributed by atoms with Gasteiger partial charge >= 0.3 is 0 Å². The number of halogens is 2. The van der Waals surface area contributed by atoms with Crippen molar-refractivity contribution in [2.75, 3.05) is 0 Å². The number of thiophene rings is 2. The van der Waals surface area contributed by atoms with Crippen LogP contribution in [-0.2, 0) is 12.8 Å². The van der Waals surface area contributed by atoms with E-state index in [1.165, 1.54) is 88.8 Å². The lowest BCUT2D eigenvalue weighted by Gasteiger charge is -2.16. The average Bonchev–Trinajstić information content (AvgIpc) is 3.96. The Morgan fingerprint density at radius 2 is 0.860 bits per heavy atom. The van der Waals surface area contributed by atoms with Gasteiger partial charge in [0.15, 0.2) is 0 Å². The van der Waals surface area contributed by atoms with Crippen LogP contribution in [0.1, 0.15) is 140 Å². The zero-order chi connectivity index (χ0) is 40.3. The molecule has 6 aromatic rings. The SMILES string of the molecule is CCCCC(CCCC)CCc1ccc(-c2cc(C)c(-c3ccc(-c4sc(-c5ccc(CCC(CCCC)CCCC)cc5F)cc4C)c4nsnc34)s2)c(F)c1. The molecule has 0 unspecified atom stereocenters. The molecule has 0 saturated carbocycles. The van der Waals surface area contributed by atoms with Crippen molar-refractivity contribution in [3.63, 3.8) is 0 Å². The van der Waals surface area contributed by atoms with E-state index in [1.807, 2.05) is 12.1 Å². The maximum Gasteiger partial charge on any atom is 0.132 e. The molecule has 0 spiro atoms. The van der Waals surface area contributed by atoms with E-state index in [9.17, 15) is 0 Å². The smallest absolute Gasteiger partial charge is 0.132 e. The molecule has 3 aromatic heterocycles. The average molecular weight is 825 g/mol. The monoisotopic (exact) mass is 824 g/mol. The predicted molar refractivity (Wildman–Crippen MR) is 246 cm³/mol. The lowest BCUT2D eigenvalue weighted by atomic mass is 9.90. The normalized spacial score (nSPS) is 11.9. The van der Waals surface area contributed by atoms with Crippen LogP contribution in [0.25, 0.3) is 52.8 Å². The number of fused-ring (bicyclic) bond motifs is 1. The Bertz CT molecular complexity index is 2030. The van der Waals surface area contributed by atoms with Gasteiger partial charge in [0.05, 0.1) is 11.7 Å². The maximum absolute atomic E-state index is 15.8. The first kappa shape index (κ1) is 43.3. The fourth-order valence-corrected chi connectivity index (χ4v) is 11.4. The van der Waals surface area contributed by atoms with Gasteiger partial charge in [-0.05, 0) is 97.9 Å². The van der Waals surface area contributed by atoms with Gasteiger partial charge in [0.25, 0.3) is 0 Å². The van der Waals surface area contributed by atoms with Crippen LogP contribution >= 0.6 is 34.4 Å². The highest BCUT2D eigenvalue weighted by atomic mass is 32.1. The van der Waals surface area contributed by atoms with E-state index in [-0.39, 0.29) is 11.6 Å². The second-order valence-electron chi connectivity index (χ2n) is 16.4. The van der Waals surface area contributed by atoms with Crippen molar-refractivity contribution in [1.29, 1.82) is 0 Å². The number of aryl methyl sites for hydroxylation is 4. The highest BCUT2D eigenvalue weighted by molar-refractivity contribution is 7.19. The number of nitrogens with zero attached hydrogens (tertiary/aromatic N) is 2. The van der Waals surface area contributed by atoms with E-state index in [2.05, 4.69) is 77.9 Å². The minimum atomic E-state index is -0.150. The summed E-state index contributed by atoms with van der Waals surface area (Å²) in [6.07, 6.45) is 19.2. The first-order valence-corrected chi connectivity index (χ1v) is 24.1. The Morgan fingerprint density at radius 3 is 1.21 bits per heavy atom. The molecule has 6 rings (SSSR count). The van der Waals surface area contributed by atoms with Gasteiger partial charge in [0.2, 0.25) is 0 Å². The molecule has 3 heterocycles. The highest BCUT2D eigenvalue weighted by Gasteiger charge is 2.22. The molecule has 0 N–H and O–H groups in total. The van der Waals surface area contributed by atoms with Crippen molar-refractivity contribution < 1.29 is 8.78 Å². The van der Waals surface area contributed by atoms with Crippen LogP contribution in [0.3, 0.4) is 0 Å². The van der Waals surface area contributed by atoms with Crippen LogP contribution in [0.2, 0.25) is 0 Å². The van der Waals surface area contributed by atoms with Gasteiger partial charge in [-0.1, -0.05) is 141 Å². The fraction of sp³-hybridized carbons (Fsp3) is 0.480. The molecule has 0 atom stereocenters. The van der Waals surface area contributed by atoms with Crippen molar-refractivity contribution >= 4 is 45.4 Å². The first-order valence-electron chi connectivity index (χ1n) is 21.8. The Labute approximate surface area is 353 Å². The molecule has 304 valence electrons. The molecular formula is C50H62F2N2S3. The molecule has 0 radical (unpaired) electrons. The number of hydrogen-bond donors (Lipinski definition) is 0. The molecule has 2 nitrogen and oxygen atoms in total. The van der Waals surface area contributed by atoms with Gasteiger partial charge in [-0.25, -0.2) is 8.78 Å². The van der Waals surface area contributed by atoms with Crippen LogP contribution in [0.5, 0.6) is 0 Å². The minimum Gasteiger partial charge on any atom is -0.206 e. The molecule has 0 aliphatic rings. The topological polar surface area (TPSA) is 25.8 Å². The van der Waals surface area contributed by atoms with Gasteiger partial charge in [-0.2, -0.15) is 8.75 Å². The lowest BCUT2D eigenvalue weighted by molar-refractivity contribution is 0.393. The molecule has 0 bridgehead atoms. The third kappa shape index (κ3) is 10.9. The number of rotatable bonds is 22.